The normalized spacial score (nSPS) is 10.1. The number of hydrogen-bond donors (Lipinski definition) is 2. The van der Waals surface area contributed by atoms with Gasteiger partial charge in [0.05, 0.1) is 30.4 Å². The number of nitrogens with two attached hydrogens (primary N) is 1. The molecule has 0 aliphatic carbocycles. The van der Waals surface area contributed by atoms with Crippen LogP contribution in [0.1, 0.15) is 16.1 Å². The molecule has 0 fully saturated rings. The van der Waals surface area contributed by atoms with Crippen LogP contribution in [-0.4, -0.2) is 18.1 Å². The lowest BCUT2D eigenvalue weighted by molar-refractivity contribution is 0.0602. The average Bonchev–Trinajstić information content (AvgIpc) is 2.90. The Bertz CT molecular complexity index is 540. The number of rotatable bonds is 4. The number of esters is 1. The Morgan fingerprint density at radius 1 is 1.56 bits per heavy atom. The van der Waals surface area contributed by atoms with E-state index in [-0.39, 0.29) is 0 Å². The van der Waals surface area contributed by atoms with Crippen LogP contribution in [0.25, 0.3) is 0 Å². The highest BCUT2D eigenvalue weighted by atomic mass is 32.1. The molecule has 5 nitrogen and oxygen atoms in total. The molecule has 0 bridgehead atoms. The number of benzene rings is 1. The minimum atomic E-state index is -0.440. The maximum absolute atomic E-state index is 11.5. The maximum atomic E-state index is 11.5. The zero-order valence-corrected chi connectivity index (χ0v) is 10.7. The minimum Gasteiger partial charge on any atom is -0.465 e. The first-order valence-electron chi connectivity index (χ1n) is 5.29. The summed E-state index contributed by atoms with van der Waals surface area (Å²) in [4.78, 5) is 15.6. The molecule has 0 aliphatic heterocycles. The van der Waals surface area contributed by atoms with Gasteiger partial charge < -0.3 is 15.8 Å². The van der Waals surface area contributed by atoms with Gasteiger partial charge in [0, 0.05) is 16.8 Å². The molecule has 0 atom stereocenters. The van der Waals surface area contributed by atoms with Crippen molar-refractivity contribution in [2.24, 2.45) is 0 Å². The van der Waals surface area contributed by atoms with Crippen molar-refractivity contribution in [3.63, 3.8) is 0 Å². The van der Waals surface area contributed by atoms with Gasteiger partial charge in [-0.15, -0.1) is 11.3 Å². The third kappa shape index (κ3) is 2.78. The van der Waals surface area contributed by atoms with Gasteiger partial charge in [0.25, 0.3) is 0 Å². The molecule has 0 unspecified atom stereocenters. The van der Waals surface area contributed by atoms with Gasteiger partial charge in [-0.25, -0.2) is 9.78 Å². The molecule has 0 aliphatic rings. The molecule has 1 aromatic carbocycles. The Labute approximate surface area is 109 Å². The molecule has 0 amide bonds. The summed E-state index contributed by atoms with van der Waals surface area (Å²) in [7, 11) is 1.33. The van der Waals surface area contributed by atoms with Crippen LogP contribution in [0.15, 0.2) is 29.1 Å². The standard InChI is InChI=1S/C12H13N3O2S/c1-17-12(16)10-4-8(2-3-11(10)13)14-5-9-6-18-7-15-9/h2-4,6-7,14H,5,13H2,1H3. The number of ether oxygens (including phenoxy) is 1. The van der Waals surface area contributed by atoms with E-state index in [1.165, 1.54) is 7.11 Å². The topological polar surface area (TPSA) is 77.2 Å². The Morgan fingerprint density at radius 3 is 3.06 bits per heavy atom. The molecule has 1 heterocycles. The van der Waals surface area contributed by atoms with Crippen molar-refractivity contribution in [1.29, 1.82) is 0 Å². The van der Waals surface area contributed by atoms with Gasteiger partial charge in [-0.3, -0.25) is 0 Å². The summed E-state index contributed by atoms with van der Waals surface area (Å²) < 4.78 is 4.67. The van der Waals surface area contributed by atoms with Gasteiger partial charge in [-0.1, -0.05) is 0 Å². The molecule has 6 heteroatoms. The number of aromatic nitrogens is 1. The van der Waals surface area contributed by atoms with Gasteiger partial charge in [-0.2, -0.15) is 0 Å². The van der Waals surface area contributed by atoms with Crippen molar-refractivity contribution < 1.29 is 9.53 Å². The fraction of sp³-hybridized carbons (Fsp3) is 0.167. The van der Waals surface area contributed by atoms with Crippen molar-refractivity contribution >= 4 is 28.7 Å². The quantitative estimate of drug-likeness (QED) is 0.652. The van der Waals surface area contributed by atoms with Gasteiger partial charge in [-0.05, 0) is 18.2 Å². The van der Waals surface area contributed by atoms with Crippen molar-refractivity contribution in [2.75, 3.05) is 18.2 Å². The van der Waals surface area contributed by atoms with E-state index in [2.05, 4.69) is 15.0 Å². The summed E-state index contributed by atoms with van der Waals surface area (Å²) in [5.41, 5.74) is 10.0. The number of nitrogen functional groups attached to an aromatic ring is 1. The molecule has 2 rings (SSSR count). The lowest BCUT2D eigenvalue weighted by atomic mass is 10.1. The number of thiazole rings is 1. The van der Waals surface area contributed by atoms with E-state index in [4.69, 9.17) is 5.73 Å². The molecule has 0 saturated carbocycles. The van der Waals surface area contributed by atoms with Crippen LogP contribution in [0.5, 0.6) is 0 Å². The third-order valence-electron chi connectivity index (χ3n) is 2.42. The summed E-state index contributed by atoms with van der Waals surface area (Å²) in [5, 5.41) is 5.14. The van der Waals surface area contributed by atoms with Crippen LogP contribution < -0.4 is 11.1 Å². The lowest BCUT2D eigenvalue weighted by Crippen LogP contribution is -2.07. The van der Waals surface area contributed by atoms with Crippen molar-refractivity contribution in [1.82, 2.24) is 4.98 Å². The van der Waals surface area contributed by atoms with Crippen LogP contribution in [0.4, 0.5) is 11.4 Å². The van der Waals surface area contributed by atoms with Gasteiger partial charge >= 0.3 is 5.97 Å². The first kappa shape index (κ1) is 12.4. The van der Waals surface area contributed by atoms with Gasteiger partial charge in [0.2, 0.25) is 0 Å². The summed E-state index contributed by atoms with van der Waals surface area (Å²) in [5.74, 6) is -0.440. The fourth-order valence-electron chi connectivity index (χ4n) is 1.47. The highest BCUT2D eigenvalue weighted by molar-refractivity contribution is 7.07. The van der Waals surface area contributed by atoms with Gasteiger partial charge in [0.15, 0.2) is 0 Å². The molecule has 0 saturated heterocycles. The second-order valence-electron chi connectivity index (χ2n) is 3.63. The zero-order chi connectivity index (χ0) is 13.0. The zero-order valence-electron chi connectivity index (χ0n) is 9.84. The number of hydrogen-bond acceptors (Lipinski definition) is 6. The maximum Gasteiger partial charge on any atom is 0.340 e. The molecule has 3 N–H and O–H groups in total. The molecule has 2 aromatic rings. The van der Waals surface area contributed by atoms with E-state index >= 15 is 0 Å². The monoisotopic (exact) mass is 263 g/mol. The van der Waals surface area contributed by atoms with Crippen molar-refractivity contribution in [3.8, 4) is 0 Å². The molecule has 18 heavy (non-hydrogen) atoms. The largest absolute Gasteiger partial charge is 0.465 e. The second kappa shape index (κ2) is 5.50. The molecule has 94 valence electrons. The molecular weight excluding hydrogens is 250 g/mol. The first-order valence-corrected chi connectivity index (χ1v) is 6.24. The van der Waals surface area contributed by atoms with E-state index in [1.807, 2.05) is 11.4 Å². The minimum absolute atomic E-state index is 0.362. The van der Waals surface area contributed by atoms with Gasteiger partial charge in [0.1, 0.15) is 0 Å². The lowest BCUT2D eigenvalue weighted by Gasteiger charge is -2.08. The average molecular weight is 263 g/mol. The predicted molar refractivity (Wildman–Crippen MR) is 71.6 cm³/mol. The molecule has 1 aromatic heterocycles. The number of nitrogens with zero attached hydrogens (tertiary/aromatic N) is 1. The number of carbonyl (C=O) groups is 1. The smallest absolute Gasteiger partial charge is 0.340 e. The third-order valence-corrected chi connectivity index (χ3v) is 3.05. The second-order valence-corrected chi connectivity index (χ2v) is 4.35. The molecular formula is C12H13N3O2S. The van der Waals surface area contributed by atoms with Crippen molar-refractivity contribution in [3.05, 3.63) is 40.3 Å². The highest BCUT2D eigenvalue weighted by Crippen LogP contribution is 2.19. The highest BCUT2D eigenvalue weighted by Gasteiger charge is 2.10. The van der Waals surface area contributed by atoms with E-state index in [0.717, 1.165) is 11.4 Å². The summed E-state index contributed by atoms with van der Waals surface area (Å²) in [6, 6.07) is 5.16. The van der Waals surface area contributed by atoms with Crippen molar-refractivity contribution in [2.45, 2.75) is 6.54 Å². The van der Waals surface area contributed by atoms with E-state index in [0.29, 0.717) is 17.8 Å². The van der Waals surface area contributed by atoms with Crippen LogP contribution in [-0.2, 0) is 11.3 Å². The Hall–Kier alpha value is -2.08. The summed E-state index contributed by atoms with van der Waals surface area (Å²) in [6.45, 7) is 0.605. The van der Waals surface area contributed by atoms with Crippen LogP contribution in [0, 0.1) is 0 Å². The van der Waals surface area contributed by atoms with Crippen LogP contribution in [0.3, 0.4) is 0 Å². The van der Waals surface area contributed by atoms with Crippen LogP contribution >= 0.6 is 11.3 Å². The number of nitrogens with one attached hydrogen (secondary N) is 1. The first-order chi connectivity index (χ1) is 8.70. The Balaban J connectivity index is 2.12. The molecule has 0 radical (unpaired) electrons. The number of carbonyl (C=O) groups excluding carboxylic acids is 1. The van der Waals surface area contributed by atoms with E-state index in [9.17, 15) is 4.79 Å². The number of methoxy groups -OCH3 is 1. The predicted octanol–water partition coefficient (Wildman–Crippen LogP) is 2.12. The van der Waals surface area contributed by atoms with E-state index in [1.54, 1.807) is 29.0 Å². The summed E-state index contributed by atoms with van der Waals surface area (Å²) >= 11 is 1.54. The van der Waals surface area contributed by atoms with E-state index < -0.39 is 5.97 Å². The molecule has 0 spiro atoms. The Kier molecular flexibility index (Phi) is 3.78. The summed E-state index contributed by atoms with van der Waals surface area (Å²) in [6.07, 6.45) is 0. The SMILES string of the molecule is COC(=O)c1cc(NCc2cscn2)ccc1N. The number of anilines is 2. The van der Waals surface area contributed by atoms with Crippen LogP contribution in [0.2, 0.25) is 0 Å². The Morgan fingerprint density at radius 2 is 2.39 bits per heavy atom. The fourth-order valence-corrected chi connectivity index (χ4v) is 2.03.